The first-order valence-corrected chi connectivity index (χ1v) is 11.1. The Morgan fingerprint density at radius 1 is 1.03 bits per heavy atom. The Labute approximate surface area is 190 Å². The molecule has 32 heavy (non-hydrogen) atoms. The largest absolute Gasteiger partial charge is 0.469 e. The average Bonchev–Trinajstić information content (AvgIpc) is 2.82. The van der Waals surface area contributed by atoms with Crippen molar-refractivity contribution < 1.29 is 19.2 Å². The molecule has 1 aliphatic rings. The van der Waals surface area contributed by atoms with Gasteiger partial charge in [0.2, 0.25) is 5.91 Å². The highest BCUT2D eigenvalue weighted by molar-refractivity contribution is 5.79. The molecular weight excluding hydrogens is 406 g/mol. The maximum atomic E-state index is 13.2. The van der Waals surface area contributed by atoms with E-state index < -0.39 is 0 Å². The number of carbonyl (C=O) groups is 2. The molecular formula is C25H33N3O4. The third kappa shape index (κ3) is 6.88. The van der Waals surface area contributed by atoms with Gasteiger partial charge in [0.25, 0.3) is 0 Å². The van der Waals surface area contributed by atoms with E-state index in [2.05, 4.69) is 29.4 Å². The summed E-state index contributed by atoms with van der Waals surface area (Å²) in [7, 11) is 1.41. The Kier molecular flexibility index (Phi) is 9.22. The van der Waals surface area contributed by atoms with Gasteiger partial charge in [0.15, 0.2) is 0 Å². The van der Waals surface area contributed by atoms with Crippen LogP contribution in [0.25, 0.3) is 0 Å². The number of hydrogen-bond donors (Lipinski definition) is 1. The summed E-state index contributed by atoms with van der Waals surface area (Å²) in [5.74, 6) is -0.179. The number of methoxy groups -OCH3 is 1. The molecule has 0 spiro atoms. The molecule has 1 amide bonds. The van der Waals surface area contributed by atoms with Gasteiger partial charge in [-0.2, -0.15) is 5.48 Å². The lowest BCUT2D eigenvalue weighted by atomic mass is 9.98. The van der Waals surface area contributed by atoms with E-state index >= 15 is 0 Å². The quantitative estimate of drug-likeness (QED) is 0.349. The molecule has 0 aliphatic carbocycles. The van der Waals surface area contributed by atoms with Crippen molar-refractivity contribution in [2.75, 3.05) is 33.3 Å². The molecule has 1 fully saturated rings. The van der Waals surface area contributed by atoms with Crippen molar-refractivity contribution in [3.8, 4) is 0 Å². The number of carbonyl (C=O) groups excluding carboxylic acids is 2. The Morgan fingerprint density at radius 3 is 2.41 bits per heavy atom. The van der Waals surface area contributed by atoms with E-state index in [1.54, 1.807) is 0 Å². The lowest BCUT2D eigenvalue weighted by Gasteiger charge is -2.46. The van der Waals surface area contributed by atoms with Crippen molar-refractivity contribution in [2.24, 2.45) is 0 Å². The second kappa shape index (κ2) is 12.3. The van der Waals surface area contributed by atoms with Crippen LogP contribution in [-0.2, 0) is 25.8 Å². The van der Waals surface area contributed by atoms with Crippen LogP contribution in [0, 0.1) is 0 Å². The standard InChI is InChI=1S/C25H33N3O4/c1-20-17-27(15-9-14-25(30)31-2)18-23(22-12-7-4-8-13-22)28(20)24(29)16-26-32-19-21-10-5-3-6-11-21/h3-8,10-13,20,23,26H,9,14-19H2,1-2H3/t20-,23+/m0/s1. The van der Waals surface area contributed by atoms with Crippen LogP contribution in [0.1, 0.15) is 36.9 Å². The van der Waals surface area contributed by atoms with Crippen molar-refractivity contribution in [3.63, 3.8) is 0 Å². The van der Waals surface area contributed by atoms with Gasteiger partial charge in [-0.25, -0.2) is 0 Å². The highest BCUT2D eigenvalue weighted by Crippen LogP contribution is 2.29. The second-order valence-corrected chi connectivity index (χ2v) is 8.11. The zero-order valence-corrected chi connectivity index (χ0v) is 18.9. The Balaban J connectivity index is 1.59. The first-order chi connectivity index (χ1) is 15.6. The number of nitrogens with zero attached hydrogens (tertiary/aromatic N) is 2. The molecule has 0 unspecified atom stereocenters. The van der Waals surface area contributed by atoms with Gasteiger partial charge in [-0.15, -0.1) is 0 Å². The smallest absolute Gasteiger partial charge is 0.305 e. The number of rotatable bonds is 10. The summed E-state index contributed by atoms with van der Waals surface area (Å²) < 4.78 is 4.75. The minimum absolute atomic E-state index is 0.00799. The predicted molar refractivity (Wildman–Crippen MR) is 122 cm³/mol. The van der Waals surface area contributed by atoms with Crippen LogP contribution in [0.3, 0.4) is 0 Å². The number of piperazine rings is 1. The summed E-state index contributed by atoms with van der Waals surface area (Å²) in [6.45, 7) is 4.88. The van der Waals surface area contributed by atoms with Gasteiger partial charge in [0, 0.05) is 25.6 Å². The maximum Gasteiger partial charge on any atom is 0.305 e. The minimum atomic E-state index is -0.187. The SMILES string of the molecule is COC(=O)CCCN1C[C@H](c2ccccc2)N(C(=O)CNOCc2ccccc2)[C@@H](C)C1. The van der Waals surface area contributed by atoms with Crippen molar-refractivity contribution in [3.05, 3.63) is 71.8 Å². The fourth-order valence-corrected chi connectivity index (χ4v) is 4.18. The lowest BCUT2D eigenvalue weighted by Crippen LogP contribution is -2.57. The van der Waals surface area contributed by atoms with E-state index in [4.69, 9.17) is 9.57 Å². The number of hydrogen-bond acceptors (Lipinski definition) is 6. The van der Waals surface area contributed by atoms with Gasteiger partial charge in [0.05, 0.1) is 19.8 Å². The van der Waals surface area contributed by atoms with E-state index in [9.17, 15) is 9.59 Å². The topological polar surface area (TPSA) is 71.1 Å². The third-order valence-corrected chi connectivity index (χ3v) is 5.73. The van der Waals surface area contributed by atoms with Gasteiger partial charge in [0.1, 0.15) is 6.54 Å². The molecule has 1 heterocycles. The van der Waals surface area contributed by atoms with E-state index in [-0.39, 0.29) is 30.5 Å². The van der Waals surface area contributed by atoms with Crippen LogP contribution in [0.4, 0.5) is 0 Å². The monoisotopic (exact) mass is 439 g/mol. The number of esters is 1. The minimum Gasteiger partial charge on any atom is -0.469 e. The van der Waals surface area contributed by atoms with Crippen LogP contribution >= 0.6 is 0 Å². The fourth-order valence-electron chi connectivity index (χ4n) is 4.18. The predicted octanol–water partition coefficient (Wildman–Crippen LogP) is 2.94. The molecule has 172 valence electrons. The van der Waals surface area contributed by atoms with Crippen LogP contribution in [0.15, 0.2) is 60.7 Å². The van der Waals surface area contributed by atoms with E-state index in [1.165, 1.54) is 7.11 Å². The molecule has 0 saturated carbocycles. The zero-order valence-electron chi connectivity index (χ0n) is 18.9. The molecule has 2 aromatic carbocycles. The van der Waals surface area contributed by atoms with Crippen molar-refractivity contribution >= 4 is 11.9 Å². The summed E-state index contributed by atoms with van der Waals surface area (Å²) in [5.41, 5.74) is 4.98. The van der Waals surface area contributed by atoms with Crippen molar-refractivity contribution in [1.29, 1.82) is 0 Å². The highest BCUT2D eigenvalue weighted by atomic mass is 16.6. The first kappa shape index (κ1) is 23.9. The van der Waals surface area contributed by atoms with Crippen LogP contribution in [-0.4, -0.2) is 61.0 Å². The normalized spacial score (nSPS) is 19.0. The third-order valence-electron chi connectivity index (χ3n) is 5.73. The van der Waals surface area contributed by atoms with E-state index in [1.807, 2.05) is 53.4 Å². The van der Waals surface area contributed by atoms with Gasteiger partial charge in [-0.3, -0.25) is 19.3 Å². The Bertz CT molecular complexity index is 847. The van der Waals surface area contributed by atoms with Gasteiger partial charge >= 0.3 is 5.97 Å². The van der Waals surface area contributed by atoms with Crippen molar-refractivity contribution in [1.82, 2.24) is 15.3 Å². The van der Waals surface area contributed by atoms with Gasteiger partial charge in [-0.05, 0) is 31.0 Å². The summed E-state index contributed by atoms with van der Waals surface area (Å²) in [5, 5.41) is 0. The number of nitrogens with one attached hydrogen (secondary N) is 1. The molecule has 0 bridgehead atoms. The average molecular weight is 440 g/mol. The highest BCUT2D eigenvalue weighted by Gasteiger charge is 2.35. The molecule has 2 aromatic rings. The molecule has 2 atom stereocenters. The van der Waals surface area contributed by atoms with Crippen molar-refractivity contribution in [2.45, 2.75) is 38.5 Å². The van der Waals surface area contributed by atoms with Crippen LogP contribution in [0.5, 0.6) is 0 Å². The fraction of sp³-hybridized carbons (Fsp3) is 0.440. The van der Waals surface area contributed by atoms with E-state index in [0.717, 1.165) is 37.2 Å². The molecule has 0 radical (unpaired) electrons. The summed E-state index contributed by atoms with van der Waals surface area (Å²) >= 11 is 0. The molecule has 3 rings (SSSR count). The molecule has 0 aromatic heterocycles. The second-order valence-electron chi connectivity index (χ2n) is 8.11. The molecule has 1 aliphatic heterocycles. The molecule has 1 saturated heterocycles. The summed E-state index contributed by atoms with van der Waals surface area (Å²) in [6, 6.07) is 19.9. The first-order valence-electron chi connectivity index (χ1n) is 11.1. The summed E-state index contributed by atoms with van der Waals surface area (Å²) in [6.07, 6.45) is 1.15. The molecule has 7 nitrogen and oxygen atoms in total. The number of ether oxygens (including phenoxy) is 1. The van der Waals surface area contributed by atoms with Crippen LogP contribution in [0.2, 0.25) is 0 Å². The maximum absolute atomic E-state index is 13.2. The van der Waals surface area contributed by atoms with Crippen LogP contribution < -0.4 is 5.48 Å². The molecule has 1 N–H and O–H groups in total. The van der Waals surface area contributed by atoms with Gasteiger partial charge < -0.3 is 9.64 Å². The summed E-state index contributed by atoms with van der Waals surface area (Å²) in [4.78, 5) is 34.4. The Morgan fingerprint density at radius 2 is 1.72 bits per heavy atom. The number of hydroxylamine groups is 1. The number of benzene rings is 2. The Hall–Kier alpha value is -2.74. The number of amides is 1. The molecule has 7 heteroatoms. The zero-order chi connectivity index (χ0) is 22.8. The van der Waals surface area contributed by atoms with E-state index in [0.29, 0.717) is 13.0 Å². The van der Waals surface area contributed by atoms with Gasteiger partial charge in [-0.1, -0.05) is 60.7 Å². The lowest BCUT2D eigenvalue weighted by molar-refractivity contribution is -0.142.